The van der Waals surface area contributed by atoms with E-state index < -0.39 is 0 Å². The van der Waals surface area contributed by atoms with E-state index in [0.29, 0.717) is 11.5 Å². The molecule has 128 valence electrons. The molecule has 1 aromatic heterocycles. The molecule has 2 aromatic carbocycles. The first-order valence-corrected chi connectivity index (χ1v) is 8.12. The minimum Gasteiger partial charge on any atom is -0.870 e. The molecular formula is C20H19NO4. The quantitative estimate of drug-likeness (QED) is 0.689. The molecule has 0 saturated carbocycles. The first kappa shape index (κ1) is 15.6. The van der Waals surface area contributed by atoms with Gasteiger partial charge in [0.05, 0.1) is 26.7 Å². The minimum atomic E-state index is -0.0953. The van der Waals surface area contributed by atoms with Crippen LogP contribution in [-0.4, -0.2) is 21.3 Å². The second kappa shape index (κ2) is 5.84. The summed E-state index contributed by atoms with van der Waals surface area (Å²) in [5.74, 6) is 1.74. The molecule has 0 N–H and O–H groups in total. The van der Waals surface area contributed by atoms with Crippen LogP contribution in [0.25, 0.3) is 22.0 Å². The molecule has 0 aliphatic carbocycles. The van der Waals surface area contributed by atoms with Crippen LogP contribution in [0.5, 0.6) is 23.0 Å². The smallest absolute Gasteiger partial charge is 0.213 e. The highest BCUT2D eigenvalue weighted by Gasteiger charge is 2.25. The zero-order valence-corrected chi connectivity index (χ0v) is 14.5. The van der Waals surface area contributed by atoms with Crippen LogP contribution in [0.15, 0.2) is 36.5 Å². The summed E-state index contributed by atoms with van der Waals surface area (Å²) in [6, 6.07) is 9.54. The van der Waals surface area contributed by atoms with Gasteiger partial charge < -0.3 is 19.3 Å². The van der Waals surface area contributed by atoms with E-state index >= 15 is 0 Å². The van der Waals surface area contributed by atoms with Crippen molar-refractivity contribution in [2.24, 2.45) is 0 Å². The third-order valence-corrected chi connectivity index (χ3v) is 4.79. The van der Waals surface area contributed by atoms with E-state index in [2.05, 4.69) is 16.8 Å². The number of rotatable bonds is 3. The molecule has 0 radical (unpaired) electrons. The molecule has 2 heterocycles. The molecule has 0 bridgehead atoms. The Morgan fingerprint density at radius 3 is 2.48 bits per heavy atom. The fourth-order valence-corrected chi connectivity index (χ4v) is 3.55. The number of methoxy groups -OCH3 is 3. The first-order chi connectivity index (χ1) is 12.2. The maximum Gasteiger partial charge on any atom is 0.213 e. The van der Waals surface area contributed by atoms with Gasteiger partial charge in [0.1, 0.15) is 5.75 Å². The maximum absolute atomic E-state index is 12.2. The number of hydrogen-bond acceptors (Lipinski definition) is 4. The summed E-state index contributed by atoms with van der Waals surface area (Å²) in [6.45, 7) is 0.833. The summed E-state index contributed by atoms with van der Waals surface area (Å²) in [5, 5.41) is 14.2. The molecule has 4 rings (SSSR count). The second-order valence-corrected chi connectivity index (χ2v) is 6.07. The molecule has 0 spiro atoms. The zero-order valence-electron chi connectivity index (χ0n) is 14.5. The Morgan fingerprint density at radius 2 is 1.76 bits per heavy atom. The van der Waals surface area contributed by atoms with Gasteiger partial charge in [0.2, 0.25) is 5.69 Å². The Balaban J connectivity index is 1.96. The predicted octanol–water partition coefficient (Wildman–Crippen LogP) is 2.45. The van der Waals surface area contributed by atoms with E-state index in [1.165, 1.54) is 7.11 Å². The summed E-state index contributed by atoms with van der Waals surface area (Å²) in [6.07, 6.45) is 2.92. The number of hydrogen-bond donors (Lipinski definition) is 0. The molecule has 0 atom stereocenters. The number of benzene rings is 2. The normalized spacial score (nSPS) is 12.4. The number of ether oxygens (including phenoxy) is 3. The summed E-state index contributed by atoms with van der Waals surface area (Å²) in [5.41, 5.74) is 3.13. The number of aromatic nitrogens is 1. The van der Waals surface area contributed by atoms with Gasteiger partial charge in [-0.05, 0) is 29.1 Å². The molecule has 5 heteroatoms. The minimum absolute atomic E-state index is 0.0953. The molecule has 25 heavy (non-hydrogen) atoms. The van der Waals surface area contributed by atoms with Crippen molar-refractivity contribution < 1.29 is 23.9 Å². The lowest BCUT2D eigenvalue weighted by molar-refractivity contribution is -0.686. The van der Waals surface area contributed by atoms with Gasteiger partial charge in [0.25, 0.3) is 0 Å². The third kappa shape index (κ3) is 2.35. The second-order valence-electron chi connectivity index (χ2n) is 6.07. The Labute approximate surface area is 146 Å². The van der Waals surface area contributed by atoms with Crippen LogP contribution in [0.2, 0.25) is 0 Å². The van der Waals surface area contributed by atoms with Crippen molar-refractivity contribution in [2.75, 3.05) is 21.3 Å². The van der Waals surface area contributed by atoms with Crippen LogP contribution in [0.3, 0.4) is 0 Å². The van der Waals surface area contributed by atoms with Crippen LogP contribution in [0, 0.1) is 0 Å². The highest BCUT2D eigenvalue weighted by atomic mass is 16.5. The van der Waals surface area contributed by atoms with Gasteiger partial charge in [0.15, 0.2) is 24.2 Å². The first-order valence-electron chi connectivity index (χ1n) is 8.12. The maximum atomic E-state index is 12.2. The van der Waals surface area contributed by atoms with E-state index in [1.54, 1.807) is 20.3 Å². The van der Waals surface area contributed by atoms with E-state index in [4.69, 9.17) is 14.2 Å². The van der Waals surface area contributed by atoms with Crippen molar-refractivity contribution >= 4 is 10.8 Å². The fraction of sp³-hybridized carbons (Fsp3) is 0.250. The number of nitrogens with zero attached hydrogens (tertiary/aromatic N) is 1. The van der Waals surface area contributed by atoms with Gasteiger partial charge in [-0.2, -0.15) is 4.57 Å². The fourth-order valence-electron chi connectivity index (χ4n) is 3.55. The zero-order chi connectivity index (χ0) is 17.6. The van der Waals surface area contributed by atoms with Gasteiger partial charge in [-0.25, -0.2) is 0 Å². The molecule has 0 saturated heterocycles. The monoisotopic (exact) mass is 337 g/mol. The Kier molecular flexibility index (Phi) is 3.64. The SMILES string of the molecule is COc1cc2c(cc1[O-])-c1cc3ccc(OC)c(OC)c3c[n+]1CC2. The average Bonchev–Trinajstić information content (AvgIpc) is 2.65. The van der Waals surface area contributed by atoms with Gasteiger partial charge in [-0.3, -0.25) is 0 Å². The third-order valence-electron chi connectivity index (χ3n) is 4.79. The lowest BCUT2D eigenvalue weighted by atomic mass is 9.95. The average molecular weight is 337 g/mol. The largest absolute Gasteiger partial charge is 0.870 e. The molecule has 1 aliphatic rings. The number of pyridine rings is 1. The van der Waals surface area contributed by atoms with Crippen molar-refractivity contribution in [2.45, 2.75) is 13.0 Å². The van der Waals surface area contributed by atoms with Crippen LogP contribution >= 0.6 is 0 Å². The van der Waals surface area contributed by atoms with Crippen LogP contribution in [-0.2, 0) is 13.0 Å². The Morgan fingerprint density at radius 1 is 0.960 bits per heavy atom. The number of aryl methyl sites for hydroxylation is 2. The van der Waals surface area contributed by atoms with Crippen molar-refractivity contribution in [3.63, 3.8) is 0 Å². The van der Waals surface area contributed by atoms with Crippen molar-refractivity contribution in [1.82, 2.24) is 0 Å². The van der Waals surface area contributed by atoms with Crippen molar-refractivity contribution in [1.29, 1.82) is 0 Å². The van der Waals surface area contributed by atoms with Gasteiger partial charge in [-0.1, -0.05) is 11.8 Å². The van der Waals surface area contributed by atoms with E-state index in [1.807, 2.05) is 18.2 Å². The van der Waals surface area contributed by atoms with E-state index in [0.717, 1.165) is 46.3 Å². The van der Waals surface area contributed by atoms with E-state index in [-0.39, 0.29) is 5.75 Å². The molecule has 5 nitrogen and oxygen atoms in total. The van der Waals surface area contributed by atoms with Crippen LogP contribution in [0.1, 0.15) is 5.56 Å². The van der Waals surface area contributed by atoms with Crippen molar-refractivity contribution in [3.05, 3.63) is 42.1 Å². The summed E-state index contributed by atoms with van der Waals surface area (Å²) in [7, 11) is 4.81. The Bertz CT molecular complexity index is 981. The van der Waals surface area contributed by atoms with Crippen molar-refractivity contribution in [3.8, 4) is 34.3 Å². The molecule has 3 aromatic rings. The Hall–Kier alpha value is -2.95. The molecule has 0 unspecified atom stereocenters. The highest BCUT2D eigenvalue weighted by Crippen LogP contribution is 2.39. The topological polar surface area (TPSA) is 54.6 Å². The van der Waals surface area contributed by atoms with Crippen LogP contribution < -0.4 is 23.9 Å². The summed E-state index contributed by atoms with van der Waals surface area (Å²) in [4.78, 5) is 0. The van der Waals surface area contributed by atoms with E-state index in [9.17, 15) is 5.11 Å². The van der Waals surface area contributed by atoms with Gasteiger partial charge in [-0.15, -0.1) is 0 Å². The molecule has 1 aliphatic heterocycles. The number of fused-ring (bicyclic) bond motifs is 4. The summed E-state index contributed by atoms with van der Waals surface area (Å²) >= 11 is 0. The standard InChI is InChI=1S/C20H19NO4/c1-23-18-5-4-12-8-16-14-10-17(22)19(24-2)9-13(14)6-7-21(16)11-15(12)20(18)25-3/h4-5,8-11H,6-7H2,1-3H3. The molecular weight excluding hydrogens is 318 g/mol. The van der Waals surface area contributed by atoms with Gasteiger partial charge >= 0.3 is 0 Å². The molecule has 0 amide bonds. The van der Waals surface area contributed by atoms with Crippen LogP contribution in [0.4, 0.5) is 0 Å². The lowest BCUT2D eigenvalue weighted by Gasteiger charge is -2.21. The predicted molar refractivity (Wildman–Crippen MR) is 92.4 cm³/mol. The summed E-state index contributed by atoms with van der Waals surface area (Å²) < 4.78 is 18.3. The van der Waals surface area contributed by atoms with Gasteiger partial charge in [0, 0.05) is 18.1 Å². The lowest BCUT2D eigenvalue weighted by Crippen LogP contribution is -2.40. The highest BCUT2D eigenvalue weighted by molar-refractivity contribution is 5.91. The molecule has 0 fully saturated rings.